The summed E-state index contributed by atoms with van der Waals surface area (Å²) in [7, 11) is 0. The van der Waals surface area contributed by atoms with Gasteiger partial charge in [0.1, 0.15) is 17.6 Å². The van der Waals surface area contributed by atoms with Crippen LogP contribution in [-0.4, -0.2) is 28.4 Å². The van der Waals surface area contributed by atoms with E-state index in [0.29, 0.717) is 19.7 Å². The number of rotatable bonds is 8. The minimum Gasteiger partial charge on any atom is -0.494 e. The molecule has 4 rings (SSSR count). The summed E-state index contributed by atoms with van der Waals surface area (Å²) in [6.45, 7) is 5.64. The van der Waals surface area contributed by atoms with Crippen molar-refractivity contribution in [2.75, 3.05) is 6.61 Å². The Morgan fingerprint density at radius 3 is 2.97 bits per heavy atom. The minimum atomic E-state index is -0.173. The fraction of sp³-hybridized carbons (Fsp3) is 0.280. The van der Waals surface area contributed by atoms with Crippen LogP contribution in [0.3, 0.4) is 0 Å². The van der Waals surface area contributed by atoms with E-state index in [4.69, 9.17) is 9.47 Å². The third-order valence-corrected chi connectivity index (χ3v) is 5.10. The third kappa shape index (κ3) is 5.34. The van der Waals surface area contributed by atoms with Gasteiger partial charge in [0, 0.05) is 41.9 Å². The summed E-state index contributed by atoms with van der Waals surface area (Å²) in [5.74, 6) is 1.50. The standard InChI is InChI=1S/C25H27N3O3/c1-3-30-23-12-21-11-18(2)31-24(21)13-22(23)15-26-25(29)10-9-20-14-27-28(17-20)16-19-7-5-4-6-8-19/h4-10,12-14,17-18H,3,11,15-16H2,1-2H3,(H,26,29)/b10-9+/t18-/m0/s1. The largest absolute Gasteiger partial charge is 0.494 e. The van der Waals surface area contributed by atoms with Gasteiger partial charge in [0.05, 0.1) is 19.3 Å². The zero-order valence-electron chi connectivity index (χ0n) is 17.9. The highest BCUT2D eigenvalue weighted by Gasteiger charge is 2.21. The molecule has 0 radical (unpaired) electrons. The van der Waals surface area contributed by atoms with Gasteiger partial charge in [-0.1, -0.05) is 30.3 Å². The minimum absolute atomic E-state index is 0.167. The average Bonchev–Trinajstić information content (AvgIpc) is 3.36. The first kappa shape index (κ1) is 20.7. The zero-order chi connectivity index (χ0) is 21.6. The van der Waals surface area contributed by atoms with E-state index >= 15 is 0 Å². The molecular formula is C25H27N3O3. The Balaban J connectivity index is 1.35. The monoisotopic (exact) mass is 417 g/mol. The molecule has 1 aliphatic heterocycles. The summed E-state index contributed by atoms with van der Waals surface area (Å²) in [6.07, 6.45) is 8.00. The molecule has 2 aromatic carbocycles. The number of hydrogen-bond donors (Lipinski definition) is 1. The number of nitrogens with zero attached hydrogens (tertiary/aromatic N) is 2. The Kier molecular flexibility index (Phi) is 6.36. The van der Waals surface area contributed by atoms with Crippen LogP contribution in [0.25, 0.3) is 6.08 Å². The molecule has 0 aliphatic carbocycles. The molecule has 160 valence electrons. The lowest BCUT2D eigenvalue weighted by Gasteiger charge is -2.13. The van der Waals surface area contributed by atoms with Crippen LogP contribution in [-0.2, 0) is 24.3 Å². The van der Waals surface area contributed by atoms with Crippen LogP contribution in [0.5, 0.6) is 11.5 Å². The smallest absolute Gasteiger partial charge is 0.244 e. The lowest BCUT2D eigenvalue weighted by molar-refractivity contribution is -0.116. The van der Waals surface area contributed by atoms with Gasteiger partial charge in [-0.2, -0.15) is 5.10 Å². The normalized spacial score (nSPS) is 15.0. The number of ether oxygens (including phenoxy) is 2. The summed E-state index contributed by atoms with van der Waals surface area (Å²) in [5.41, 5.74) is 4.11. The van der Waals surface area contributed by atoms with Crippen LogP contribution in [0.1, 0.15) is 36.1 Å². The molecule has 3 aromatic rings. The Morgan fingerprint density at radius 1 is 1.32 bits per heavy atom. The molecule has 2 heterocycles. The Bertz CT molecular complexity index is 1070. The number of hydrogen-bond acceptors (Lipinski definition) is 4. The van der Waals surface area contributed by atoms with E-state index in [0.717, 1.165) is 34.6 Å². The van der Waals surface area contributed by atoms with Crippen molar-refractivity contribution in [1.82, 2.24) is 15.1 Å². The van der Waals surface area contributed by atoms with Crippen molar-refractivity contribution in [3.63, 3.8) is 0 Å². The van der Waals surface area contributed by atoms with Gasteiger partial charge in [-0.25, -0.2) is 0 Å². The summed E-state index contributed by atoms with van der Waals surface area (Å²) in [6, 6.07) is 14.1. The predicted octanol–water partition coefficient (Wildman–Crippen LogP) is 3.98. The van der Waals surface area contributed by atoms with Crippen LogP contribution < -0.4 is 14.8 Å². The molecule has 1 aliphatic rings. The van der Waals surface area contributed by atoms with Crippen LogP contribution in [0.4, 0.5) is 0 Å². The van der Waals surface area contributed by atoms with E-state index in [1.165, 1.54) is 11.6 Å². The predicted molar refractivity (Wildman–Crippen MR) is 120 cm³/mol. The van der Waals surface area contributed by atoms with Crippen LogP contribution in [0.2, 0.25) is 0 Å². The summed E-state index contributed by atoms with van der Waals surface area (Å²) in [5, 5.41) is 7.29. The van der Waals surface area contributed by atoms with Gasteiger partial charge >= 0.3 is 0 Å². The number of nitrogens with one attached hydrogen (secondary N) is 1. The van der Waals surface area contributed by atoms with Gasteiger partial charge in [-0.05, 0) is 37.6 Å². The van der Waals surface area contributed by atoms with Gasteiger partial charge in [0.25, 0.3) is 0 Å². The van der Waals surface area contributed by atoms with E-state index in [-0.39, 0.29) is 12.0 Å². The van der Waals surface area contributed by atoms with Crippen LogP contribution in [0, 0.1) is 0 Å². The maximum atomic E-state index is 12.3. The first-order chi connectivity index (χ1) is 15.1. The van der Waals surface area contributed by atoms with E-state index in [2.05, 4.69) is 29.5 Å². The maximum Gasteiger partial charge on any atom is 0.244 e. The second kappa shape index (κ2) is 9.51. The van der Waals surface area contributed by atoms with Crippen molar-refractivity contribution >= 4 is 12.0 Å². The molecular weight excluding hydrogens is 390 g/mol. The zero-order valence-corrected chi connectivity index (χ0v) is 17.9. The van der Waals surface area contributed by atoms with Gasteiger partial charge in [0.15, 0.2) is 0 Å². The first-order valence-electron chi connectivity index (χ1n) is 10.6. The molecule has 1 N–H and O–H groups in total. The summed E-state index contributed by atoms with van der Waals surface area (Å²) in [4.78, 5) is 12.3. The summed E-state index contributed by atoms with van der Waals surface area (Å²) < 4.78 is 13.5. The lowest BCUT2D eigenvalue weighted by atomic mass is 10.1. The van der Waals surface area contributed by atoms with E-state index in [1.807, 2.05) is 48.1 Å². The van der Waals surface area contributed by atoms with Crippen molar-refractivity contribution in [1.29, 1.82) is 0 Å². The van der Waals surface area contributed by atoms with Gasteiger partial charge in [0.2, 0.25) is 5.91 Å². The third-order valence-electron chi connectivity index (χ3n) is 5.10. The number of fused-ring (bicyclic) bond motifs is 1. The first-order valence-corrected chi connectivity index (χ1v) is 10.6. The van der Waals surface area contributed by atoms with E-state index in [1.54, 1.807) is 12.3 Å². The van der Waals surface area contributed by atoms with Crippen LogP contribution in [0.15, 0.2) is 60.9 Å². The highest BCUT2D eigenvalue weighted by atomic mass is 16.5. The molecule has 0 spiro atoms. The molecule has 6 heteroatoms. The average molecular weight is 418 g/mol. The number of amides is 1. The quantitative estimate of drug-likeness (QED) is 0.563. The van der Waals surface area contributed by atoms with Gasteiger partial charge < -0.3 is 14.8 Å². The van der Waals surface area contributed by atoms with Crippen molar-refractivity contribution in [3.05, 3.63) is 83.2 Å². The fourth-order valence-corrected chi connectivity index (χ4v) is 3.65. The highest BCUT2D eigenvalue weighted by molar-refractivity contribution is 5.91. The van der Waals surface area contributed by atoms with Gasteiger partial charge in [-0.15, -0.1) is 0 Å². The Morgan fingerprint density at radius 2 is 2.16 bits per heavy atom. The highest BCUT2D eigenvalue weighted by Crippen LogP contribution is 2.35. The van der Waals surface area contributed by atoms with Crippen LogP contribution >= 0.6 is 0 Å². The molecule has 1 amide bonds. The molecule has 31 heavy (non-hydrogen) atoms. The molecule has 0 fully saturated rings. The summed E-state index contributed by atoms with van der Waals surface area (Å²) >= 11 is 0. The Hall–Kier alpha value is -3.54. The molecule has 1 atom stereocenters. The fourth-order valence-electron chi connectivity index (χ4n) is 3.65. The van der Waals surface area contributed by atoms with Crippen molar-refractivity contribution in [3.8, 4) is 11.5 Å². The van der Waals surface area contributed by atoms with E-state index in [9.17, 15) is 4.79 Å². The van der Waals surface area contributed by atoms with E-state index < -0.39 is 0 Å². The molecule has 0 saturated carbocycles. The number of carbonyl (C=O) groups is 1. The second-order valence-corrected chi connectivity index (χ2v) is 7.64. The number of carbonyl (C=O) groups excluding carboxylic acids is 1. The second-order valence-electron chi connectivity index (χ2n) is 7.64. The molecule has 0 saturated heterocycles. The molecule has 1 aromatic heterocycles. The molecule has 6 nitrogen and oxygen atoms in total. The topological polar surface area (TPSA) is 65.4 Å². The molecule has 0 unspecified atom stereocenters. The number of aromatic nitrogens is 2. The van der Waals surface area contributed by atoms with Crippen molar-refractivity contribution in [2.24, 2.45) is 0 Å². The molecule has 0 bridgehead atoms. The maximum absolute atomic E-state index is 12.3. The Labute approximate surface area is 182 Å². The van der Waals surface area contributed by atoms with Crippen molar-refractivity contribution < 1.29 is 14.3 Å². The number of benzene rings is 2. The SMILES string of the molecule is CCOc1cc2c(cc1CNC(=O)/C=C/c1cnn(Cc3ccccc3)c1)O[C@@H](C)C2. The van der Waals surface area contributed by atoms with Gasteiger partial charge in [-0.3, -0.25) is 9.48 Å². The van der Waals surface area contributed by atoms with Crippen molar-refractivity contribution in [2.45, 2.75) is 39.5 Å². The lowest BCUT2D eigenvalue weighted by Crippen LogP contribution is -2.20.